The Morgan fingerprint density at radius 3 is 2.74 bits per heavy atom. The molecule has 174 valence electrons. The van der Waals surface area contributed by atoms with Crippen LogP contribution in [0, 0.1) is 6.92 Å². The van der Waals surface area contributed by atoms with Gasteiger partial charge in [0, 0.05) is 29.0 Å². The number of nitrogens with one attached hydrogen (secondary N) is 1. The molecule has 1 N–H and O–H groups in total. The van der Waals surface area contributed by atoms with Gasteiger partial charge in [0.2, 0.25) is 17.6 Å². The van der Waals surface area contributed by atoms with Crippen LogP contribution in [0.3, 0.4) is 0 Å². The third kappa shape index (κ3) is 5.40. The highest BCUT2D eigenvalue weighted by Gasteiger charge is 2.15. The minimum Gasteiger partial charge on any atom is -0.489 e. The van der Waals surface area contributed by atoms with E-state index in [0.717, 1.165) is 22.1 Å². The quantitative estimate of drug-likeness (QED) is 0.293. The van der Waals surface area contributed by atoms with Crippen molar-refractivity contribution in [3.05, 3.63) is 88.1 Å². The Balaban J connectivity index is 1.37. The maximum absolute atomic E-state index is 12.6. The van der Waals surface area contributed by atoms with Crippen molar-refractivity contribution < 1.29 is 18.5 Å². The van der Waals surface area contributed by atoms with Gasteiger partial charge in [0.05, 0.1) is 6.54 Å². The van der Waals surface area contributed by atoms with Gasteiger partial charge < -0.3 is 19.0 Å². The summed E-state index contributed by atoms with van der Waals surface area (Å²) in [4.78, 5) is 29.2. The van der Waals surface area contributed by atoms with E-state index in [0.29, 0.717) is 35.2 Å². The van der Waals surface area contributed by atoms with Gasteiger partial charge in [-0.1, -0.05) is 42.1 Å². The lowest BCUT2D eigenvalue weighted by Crippen LogP contribution is -2.24. The van der Waals surface area contributed by atoms with Crippen LogP contribution in [-0.2, 0) is 17.8 Å². The van der Waals surface area contributed by atoms with Crippen molar-refractivity contribution in [2.75, 3.05) is 6.61 Å². The van der Waals surface area contributed by atoms with E-state index in [4.69, 9.17) is 13.7 Å². The third-order valence-electron chi connectivity index (χ3n) is 5.28. The number of carbonyl (C=O) groups is 1. The highest BCUT2D eigenvalue weighted by molar-refractivity contribution is 5.82. The monoisotopic (exact) mass is 459 g/mol. The number of hydrogen-bond acceptors (Lipinski definition) is 7. The highest BCUT2D eigenvalue weighted by atomic mass is 16.5. The largest absolute Gasteiger partial charge is 0.489 e. The Morgan fingerprint density at radius 2 is 1.97 bits per heavy atom. The number of benzene rings is 2. The lowest BCUT2D eigenvalue weighted by molar-refractivity contribution is -0.121. The van der Waals surface area contributed by atoms with Gasteiger partial charge in [-0.25, -0.2) is 4.79 Å². The molecule has 34 heavy (non-hydrogen) atoms. The molecular weight excluding hydrogens is 434 g/mol. The molecule has 0 aliphatic rings. The van der Waals surface area contributed by atoms with Gasteiger partial charge in [0.15, 0.2) is 0 Å². The Hall–Kier alpha value is -4.20. The van der Waals surface area contributed by atoms with Crippen LogP contribution in [0.1, 0.15) is 30.4 Å². The summed E-state index contributed by atoms with van der Waals surface area (Å²) in [5.74, 6) is 1.13. The van der Waals surface area contributed by atoms with Crippen molar-refractivity contribution in [3.63, 3.8) is 0 Å². The van der Waals surface area contributed by atoms with Crippen molar-refractivity contribution in [3.8, 4) is 17.1 Å². The second-order valence-corrected chi connectivity index (χ2v) is 8.05. The van der Waals surface area contributed by atoms with E-state index in [2.05, 4.69) is 22.0 Å². The first-order valence-electron chi connectivity index (χ1n) is 10.9. The van der Waals surface area contributed by atoms with Gasteiger partial charge in [0.1, 0.15) is 17.9 Å². The predicted molar refractivity (Wildman–Crippen MR) is 127 cm³/mol. The minimum atomic E-state index is -0.459. The summed E-state index contributed by atoms with van der Waals surface area (Å²) in [7, 11) is 0. The van der Waals surface area contributed by atoms with E-state index in [1.807, 2.05) is 56.3 Å². The number of nitrogens with zero attached hydrogens (tertiary/aromatic N) is 2. The van der Waals surface area contributed by atoms with Crippen molar-refractivity contribution in [2.45, 2.75) is 33.2 Å². The number of carbonyl (C=O) groups excluding carboxylic acids is 1. The average Bonchev–Trinajstić information content (AvgIpc) is 3.31. The fourth-order valence-corrected chi connectivity index (χ4v) is 3.49. The van der Waals surface area contributed by atoms with Crippen LogP contribution in [0.5, 0.6) is 5.75 Å². The van der Waals surface area contributed by atoms with Crippen LogP contribution in [0.25, 0.3) is 22.4 Å². The van der Waals surface area contributed by atoms with Crippen LogP contribution >= 0.6 is 0 Å². The molecule has 0 aliphatic heterocycles. The number of amides is 1. The summed E-state index contributed by atoms with van der Waals surface area (Å²) in [5.41, 5.74) is 2.97. The SMILES string of the molecule is C=C(C)COc1ccc2c(C)c(CCC(=O)NCc3nc(-c4ccccc4)no3)c(=O)oc2c1. The first-order chi connectivity index (χ1) is 16.4. The number of fused-ring (bicyclic) bond motifs is 1. The highest BCUT2D eigenvalue weighted by Crippen LogP contribution is 2.25. The molecule has 0 unspecified atom stereocenters. The molecule has 0 atom stereocenters. The number of ether oxygens (including phenoxy) is 1. The Kier molecular flexibility index (Phi) is 6.87. The standard InChI is InChI=1S/C26H25N3O5/c1-16(2)15-32-19-9-10-20-17(3)21(26(31)33-22(20)13-19)11-12-23(30)27-14-24-28-25(29-34-24)18-7-5-4-6-8-18/h4-10,13H,1,11-12,14-15H2,2-3H3,(H,27,30). The van der Waals surface area contributed by atoms with E-state index in [1.54, 1.807) is 6.07 Å². The van der Waals surface area contributed by atoms with Crippen LogP contribution in [0.15, 0.2) is 74.4 Å². The van der Waals surface area contributed by atoms with Crippen LogP contribution in [0.4, 0.5) is 0 Å². The van der Waals surface area contributed by atoms with Gasteiger partial charge in [-0.15, -0.1) is 0 Å². The smallest absolute Gasteiger partial charge is 0.339 e. The van der Waals surface area contributed by atoms with E-state index >= 15 is 0 Å². The molecule has 0 bridgehead atoms. The molecule has 0 radical (unpaired) electrons. The third-order valence-corrected chi connectivity index (χ3v) is 5.28. The summed E-state index contributed by atoms with van der Waals surface area (Å²) < 4.78 is 16.3. The fraction of sp³-hybridized carbons (Fsp3) is 0.231. The van der Waals surface area contributed by atoms with E-state index in [1.165, 1.54) is 0 Å². The maximum Gasteiger partial charge on any atom is 0.339 e. The first-order valence-corrected chi connectivity index (χ1v) is 10.9. The van der Waals surface area contributed by atoms with E-state index in [9.17, 15) is 9.59 Å². The van der Waals surface area contributed by atoms with Crippen LogP contribution in [-0.4, -0.2) is 22.7 Å². The molecule has 2 aromatic heterocycles. The molecule has 1 amide bonds. The Labute approximate surface area is 196 Å². The first kappa shape index (κ1) is 23.0. The number of aromatic nitrogens is 2. The molecule has 2 aromatic carbocycles. The molecule has 0 saturated heterocycles. The zero-order valence-corrected chi connectivity index (χ0v) is 19.1. The summed E-state index contributed by atoms with van der Waals surface area (Å²) in [6.07, 6.45) is 0.375. The normalized spacial score (nSPS) is 10.9. The average molecular weight is 460 g/mol. The lowest BCUT2D eigenvalue weighted by atomic mass is 10.0. The number of hydrogen-bond donors (Lipinski definition) is 1. The van der Waals surface area contributed by atoms with E-state index < -0.39 is 5.63 Å². The molecule has 0 fully saturated rings. The van der Waals surface area contributed by atoms with Crippen LogP contribution in [0.2, 0.25) is 0 Å². The molecule has 4 rings (SSSR count). The Morgan fingerprint density at radius 1 is 1.18 bits per heavy atom. The molecular formula is C26H25N3O5. The molecule has 2 heterocycles. The van der Waals surface area contributed by atoms with Gasteiger partial charge in [-0.3, -0.25) is 4.79 Å². The molecule has 8 heteroatoms. The van der Waals surface area contributed by atoms with Gasteiger partial charge >= 0.3 is 5.63 Å². The summed E-state index contributed by atoms with van der Waals surface area (Å²) in [5, 5.41) is 7.48. The maximum atomic E-state index is 12.6. The fourth-order valence-electron chi connectivity index (χ4n) is 3.49. The van der Waals surface area contributed by atoms with Gasteiger partial charge in [0.25, 0.3) is 0 Å². The van der Waals surface area contributed by atoms with Gasteiger partial charge in [-0.2, -0.15) is 4.98 Å². The summed E-state index contributed by atoms with van der Waals surface area (Å²) >= 11 is 0. The minimum absolute atomic E-state index is 0.108. The van der Waals surface area contributed by atoms with Crippen LogP contribution < -0.4 is 15.7 Å². The van der Waals surface area contributed by atoms with Crippen molar-refractivity contribution >= 4 is 16.9 Å². The lowest BCUT2D eigenvalue weighted by Gasteiger charge is -2.10. The Bertz CT molecular complexity index is 1390. The topological polar surface area (TPSA) is 107 Å². The van der Waals surface area contributed by atoms with Crippen molar-refractivity contribution in [1.29, 1.82) is 0 Å². The zero-order chi connectivity index (χ0) is 24.1. The number of rotatable bonds is 9. The van der Waals surface area contributed by atoms with E-state index in [-0.39, 0.29) is 25.3 Å². The van der Waals surface area contributed by atoms with Gasteiger partial charge in [-0.05, 0) is 43.5 Å². The van der Waals surface area contributed by atoms with Crippen molar-refractivity contribution in [1.82, 2.24) is 15.5 Å². The summed E-state index contributed by atoms with van der Waals surface area (Å²) in [6, 6.07) is 14.8. The molecule has 4 aromatic rings. The molecule has 0 aliphatic carbocycles. The van der Waals surface area contributed by atoms with Crippen molar-refractivity contribution in [2.24, 2.45) is 0 Å². The second-order valence-electron chi connectivity index (χ2n) is 8.05. The summed E-state index contributed by atoms with van der Waals surface area (Å²) in [6.45, 7) is 8.03. The predicted octanol–water partition coefficient (Wildman–Crippen LogP) is 4.36. The molecule has 0 spiro atoms. The molecule has 8 nitrogen and oxygen atoms in total. The zero-order valence-electron chi connectivity index (χ0n) is 19.1. The molecule has 0 saturated carbocycles. The second kappa shape index (κ2) is 10.2. The number of aryl methyl sites for hydroxylation is 1.